The van der Waals surface area contributed by atoms with Gasteiger partial charge in [-0.05, 0) is 60.9 Å². The lowest BCUT2D eigenvalue weighted by atomic mass is 9.89. The molecule has 1 saturated heterocycles. The van der Waals surface area contributed by atoms with Crippen LogP contribution in [0, 0.1) is 0 Å². The molecule has 0 spiro atoms. The number of carboxylic acids is 1. The SMILES string of the molecule is CCOC(=O)[C@H](Cc1ccccc1)N1C(=O)/C(=C/N2N=C(c3ccc4c(c3)CCCC4)C[C@@H]2C(=O)O)SC1=S. The van der Waals surface area contributed by atoms with E-state index in [0.29, 0.717) is 5.71 Å². The lowest BCUT2D eigenvalue weighted by Crippen LogP contribution is -2.46. The van der Waals surface area contributed by atoms with Crippen molar-refractivity contribution in [3.05, 3.63) is 81.9 Å². The lowest BCUT2D eigenvalue weighted by Gasteiger charge is -2.25. The highest BCUT2D eigenvalue weighted by molar-refractivity contribution is 8.26. The zero-order chi connectivity index (χ0) is 27.5. The molecule has 1 aliphatic carbocycles. The van der Waals surface area contributed by atoms with E-state index in [0.717, 1.165) is 42.2 Å². The standard InChI is InChI=1S/C29H29N3O5S2/c1-2-37-28(36)24(14-18-8-4-3-5-9-18)32-26(33)25(39-29(32)38)17-31-23(27(34)35)16-22(30-31)21-13-12-19-10-6-7-11-20(19)15-21/h3-5,8-9,12-13,15,17,23-24H,2,6-7,10-11,14,16H2,1H3,(H,34,35)/b25-17-/t23-,24+/m1/s1. The number of rotatable bonds is 8. The van der Waals surface area contributed by atoms with Crippen molar-refractivity contribution in [3.8, 4) is 0 Å². The predicted molar refractivity (Wildman–Crippen MR) is 153 cm³/mol. The zero-order valence-electron chi connectivity index (χ0n) is 21.5. The fourth-order valence-electron chi connectivity index (χ4n) is 5.15. The van der Waals surface area contributed by atoms with Crippen LogP contribution in [0.25, 0.3) is 0 Å². The number of thioether (sulfide) groups is 1. The number of esters is 1. The van der Waals surface area contributed by atoms with Crippen LogP contribution in [0.4, 0.5) is 0 Å². The van der Waals surface area contributed by atoms with Gasteiger partial charge in [-0.3, -0.25) is 14.7 Å². The molecule has 2 heterocycles. The van der Waals surface area contributed by atoms with Gasteiger partial charge in [-0.1, -0.05) is 66.4 Å². The Hall–Kier alpha value is -3.50. The van der Waals surface area contributed by atoms with E-state index in [1.807, 2.05) is 36.4 Å². The maximum atomic E-state index is 13.6. The second-order valence-corrected chi connectivity index (χ2v) is 11.3. The molecule has 5 rings (SSSR count). The van der Waals surface area contributed by atoms with Gasteiger partial charge in [-0.2, -0.15) is 5.10 Å². The number of carbonyl (C=O) groups excluding carboxylic acids is 2. The molecule has 1 amide bonds. The summed E-state index contributed by atoms with van der Waals surface area (Å²) in [6, 6.07) is 13.7. The van der Waals surface area contributed by atoms with E-state index in [9.17, 15) is 19.5 Å². The van der Waals surface area contributed by atoms with Gasteiger partial charge in [-0.15, -0.1) is 0 Å². The predicted octanol–water partition coefficient (Wildman–Crippen LogP) is 4.30. The van der Waals surface area contributed by atoms with E-state index < -0.39 is 29.9 Å². The molecule has 0 bridgehead atoms. The Labute approximate surface area is 236 Å². The van der Waals surface area contributed by atoms with Crippen molar-refractivity contribution in [1.82, 2.24) is 9.91 Å². The molecule has 0 aromatic heterocycles. The molecule has 0 radical (unpaired) electrons. The number of hydrazone groups is 1. The fraction of sp³-hybridized carbons (Fsp3) is 0.345. The Morgan fingerprint density at radius 2 is 1.92 bits per heavy atom. The molecule has 2 aromatic rings. The Balaban J connectivity index is 1.42. The molecule has 10 heteroatoms. The molecule has 8 nitrogen and oxygen atoms in total. The first-order valence-corrected chi connectivity index (χ1v) is 14.3. The van der Waals surface area contributed by atoms with E-state index in [2.05, 4.69) is 17.2 Å². The average Bonchev–Trinajstić information content (AvgIpc) is 3.48. The van der Waals surface area contributed by atoms with Gasteiger partial charge in [0, 0.05) is 19.0 Å². The topological polar surface area (TPSA) is 99.5 Å². The van der Waals surface area contributed by atoms with Gasteiger partial charge in [0.2, 0.25) is 0 Å². The second kappa shape index (κ2) is 11.7. The molecular formula is C29H29N3O5S2. The summed E-state index contributed by atoms with van der Waals surface area (Å²) in [4.78, 5) is 40.1. The summed E-state index contributed by atoms with van der Waals surface area (Å²) in [6.45, 7) is 1.88. The fourth-order valence-corrected chi connectivity index (χ4v) is 6.47. The van der Waals surface area contributed by atoms with Crippen LogP contribution >= 0.6 is 24.0 Å². The molecule has 3 aliphatic rings. The molecule has 2 aliphatic heterocycles. The van der Waals surface area contributed by atoms with Crippen LogP contribution in [0.1, 0.15) is 48.4 Å². The Kier molecular flexibility index (Phi) is 8.13. The maximum absolute atomic E-state index is 13.6. The summed E-state index contributed by atoms with van der Waals surface area (Å²) in [5, 5.41) is 15.9. The van der Waals surface area contributed by atoms with Crippen LogP contribution in [-0.4, -0.2) is 61.6 Å². The largest absolute Gasteiger partial charge is 0.480 e. The van der Waals surface area contributed by atoms with Crippen molar-refractivity contribution in [2.45, 2.75) is 57.5 Å². The number of thiocarbonyl (C=S) groups is 1. The van der Waals surface area contributed by atoms with Gasteiger partial charge in [0.25, 0.3) is 5.91 Å². The number of amides is 1. The monoisotopic (exact) mass is 563 g/mol. The number of ether oxygens (including phenoxy) is 1. The molecule has 202 valence electrons. The van der Waals surface area contributed by atoms with E-state index in [1.54, 1.807) is 6.92 Å². The van der Waals surface area contributed by atoms with Crippen LogP contribution in [0.3, 0.4) is 0 Å². The van der Waals surface area contributed by atoms with E-state index in [4.69, 9.17) is 17.0 Å². The van der Waals surface area contributed by atoms with Crippen LogP contribution in [0.2, 0.25) is 0 Å². The van der Waals surface area contributed by atoms with Gasteiger partial charge in [0.15, 0.2) is 6.04 Å². The molecule has 39 heavy (non-hydrogen) atoms. The molecule has 2 atom stereocenters. The van der Waals surface area contributed by atoms with Crippen molar-refractivity contribution in [2.24, 2.45) is 5.10 Å². The Bertz CT molecular complexity index is 1370. The second-order valence-electron chi connectivity index (χ2n) is 9.67. The number of hydrogen-bond acceptors (Lipinski definition) is 8. The molecular weight excluding hydrogens is 534 g/mol. The number of aryl methyl sites for hydroxylation is 2. The van der Waals surface area contributed by atoms with Crippen LogP contribution in [-0.2, 0) is 38.4 Å². The third-order valence-electron chi connectivity index (χ3n) is 7.12. The number of benzene rings is 2. The maximum Gasteiger partial charge on any atom is 0.329 e. The molecule has 1 fully saturated rings. The van der Waals surface area contributed by atoms with Crippen molar-refractivity contribution in [3.63, 3.8) is 0 Å². The van der Waals surface area contributed by atoms with E-state index in [-0.39, 0.29) is 28.7 Å². The average molecular weight is 564 g/mol. The highest BCUT2D eigenvalue weighted by Crippen LogP contribution is 2.35. The first-order chi connectivity index (χ1) is 18.9. The number of nitrogens with zero attached hydrogens (tertiary/aromatic N) is 3. The van der Waals surface area contributed by atoms with Gasteiger partial charge in [0.05, 0.1) is 17.2 Å². The van der Waals surface area contributed by atoms with Crippen LogP contribution in [0.5, 0.6) is 0 Å². The normalized spacial score (nSPS) is 20.7. The van der Waals surface area contributed by atoms with E-state index in [1.165, 1.54) is 33.7 Å². The number of aliphatic carboxylic acids is 1. The minimum absolute atomic E-state index is 0.170. The first-order valence-electron chi connectivity index (χ1n) is 13.0. The third-order valence-corrected chi connectivity index (χ3v) is 8.44. The summed E-state index contributed by atoms with van der Waals surface area (Å²) in [7, 11) is 0. The molecule has 2 aromatic carbocycles. The summed E-state index contributed by atoms with van der Waals surface area (Å²) >= 11 is 6.55. The summed E-state index contributed by atoms with van der Waals surface area (Å²) in [5.41, 5.74) is 5.05. The van der Waals surface area contributed by atoms with Crippen molar-refractivity contribution in [2.75, 3.05) is 6.61 Å². The Morgan fingerprint density at radius 3 is 2.64 bits per heavy atom. The quantitative estimate of drug-likeness (QED) is 0.288. The molecule has 0 saturated carbocycles. The first kappa shape index (κ1) is 27.1. The van der Waals surface area contributed by atoms with Crippen molar-refractivity contribution in [1.29, 1.82) is 0 Å². The minimum Gasteiger partial charge on any atom is -0.480 e. The van der Waals surface area contributed by atoms with Gasteiger partial charge >= 0.3 is 11.9 Å². The highest BCUT2D eigenvalue weighted by Gasteiger charge is 2.42. The Morgan fingerprint density at radius 1 is 1.18 bits per heavy atom. The van der Waals surface area contributed by atoms with Gasteiger partial charge < -0.3 is 9.84 Å². The molecule has 0 unspecified atom stereocenters. The molecule has 1 N–H and O–H groups in total. The van der Waals surface area contributed by atoms with Crippen LogP contribution < -0.4 is 0 Å². The highest BCUT2D eigenvalue weighted by atomic mass is 32.2. The summed E-state index contributed by atoms with van der Waals surface area (Å²) in [6.07, 6.45) is 6.29. The number of fused-ring (bicyclic) bond motifs is 1. The zero-order valence-corrected chi connectivity index (χ0v) is 23.2. The van der Waals surface area contributed by atoms with Gasteiger partial charge in [-0.25, -0.2) is 9.59 Å². The number of hydrogen-bond donors (Lipinski definition) is 1. The third kappa shape index (κ3) is 5.77. The number of carboxylic acid groups (broad SMARTS) is 1. The minimum atomic E-state index is -1.04. The van der Waals surface area contributed by atoms with Crippen LogP contribution in [0.15, 0.2) is 64.7 Å². The summed E-state index contributed by atoms with van der Waals surface area (Å²) in [5.74, 6) is -2.05. The lowest BCUT2D eigenvalue weighted by molar-refractivity contribution is -0.150. The summed E-state index contributed by atoms with van der Waals surface area (Å²) < 4.78 is 5.49. The van der Waals surface area contributed by atoms with E-state index >= 15 is 0 Å². The smallest absolute Gasteiger partial charge is 0.329 e. The van der Waals surface area contributed by atoms with Crippen molar-refractivity contribution < 1.29 is 24.2 Å². The number of carbonyl (C=O) groups is 3. The van der Waals surface area contributed by atoms with Crippen molar-refractivity contribution >= 4 is 51.9 Å². The van der Waals surface area contributed by atoms with Gasteiger partial charge in [0.1, 0.15) is 10.4 Å².